The molecule has 0 aliphatic carbocycles. The number of aliphatic imine (C=N–C) groups is 1. The molecule has 0 aromatic heterocycles. The summed E-state index contributed by atoms with van der Waals surface area (Å²) in [6.45, 7) is 0.976. The van der Waals surface area contributed by atoms with E-state index in [1.807, 2.05) is 36.2 Å². The van der Waals surface area contributed by atoms with E-state index in [2.05, 4.69) is 38.0 Å². The van der Waals surface area contributed by atoms with Crippen molar-refractivity contribution in [2.75, 3.05) is 27.2 Å². The highest BCUT2D eigenvalue weighted by molar-refractivity contribution is 14.1. The number of nitrogens with one attached hydrogen (secondary N) is 1. The van der Waals surface area contributed by atoms with Gasteiger partial charge in [-0.25, -0.2) is 10.0 Å². The summed E-state index contributed by atoms with van der Waals surface area (Å²) in [5, 5.41) is 8.99. The number of amidine groups is 1. The second-order valence-corrected chi connectivity index (χ2v) is 5.25. The van der Waals surface area contributed by atoms with Crippen molar-refractivity contribution in [3.8, 4) is 0 Å². The number of likely N-dealkylation sites (N-methyl/N-ethyl adjacent to an activating group) is 1. The molecule has 1 unspecified atom stereocenters. The number of fused-ring (bicyclic) bond motifs is 1. The largest absolute Gasteiger partial charge is 0.332 e. The molecular weight excluding hydrogens is 333 g/mol. The van der Waals surface area contributed by atoms with E-state index in [0.29, 0.717) is 13.1 Å². The van der Waals surface area contributed by atoms with Crippen LogP contribution in [0.25, 0.3) is 0 Å². The average Bonchev–Trinajstić information content (AvgIpc) is 2.57. The maximum atomic E-state index is 11.6. The van der Waals surface area contributed by atoms with E-state index in [1.165, 1.54) is 0 Å². The smallest absolute Gasteiger partial charge is 0.235 e. The molecule has 6 nitrogen and oxygen atoms in total. The number of rotatable bonds is 3. The Morgan fingerprint density at radius 1 is 1.65 bits per heavy atom. The highest BCUT2D eigenvalue weighted by Gasteiger charge is 2.26. The van der Waals surface area contributed by atoms with Gasteiger partial charge in [-0.1, -0.05) is 0 Å². The zero-order valence-electron chi connectivity index (χ0n) is 9.72. The van der Waals surface area contributed by atoms with E-state index in [-0.39, 0.29) is 12.1 Å². The van der Waals surface area contributed by atoms with Gasteiger partial charge in [0.15, 0.2) is 0 Å². The molecule has 2 rings (SSSR count). The molecule has 2 heterocycles. The molecule has 7 heteroatoms. The summed E-state index contributed by atoms with van der Waals surface area (Å²) >= 11 is 2.15. The summed E-state index contributed by atoms with van der Waals surface area (Å²) in [4.78, 5) is 17.8. The van der Waals surface area contributed by atoms with Crippen LogP contribution < -0.4 is 5.32 Å². The van der Waals surface area contributed by atoms with Crippen LogP contribution in [0.2, 0.25) is 0 Å². The second kappa shape index (κ2) is 5.13. The molecule has 0 radical (unpaired) electrons. The number of allylic oxidation sites excluding steroid dienone is 1. The Bertz CT molecular complexity index is 415. The minimum Gasteiger partial charge on any atom is -0.332 e. The van der Waals surface area contributed by atoms with Gasteiger partial charge in [-0.3, -0.25) is 4.79 Å². The Balaban J connectivity index is 1.93. The summed E-state index contributed by atoms with van der Waals surface area (Å²) in [5.74, 6) is 0.785. The van der Waals surface area contributed by atoms with Crippen LogP contribution in [-0.4, -0.2) is 58.7 Å². The van der Waals surface area contributed by atoms with Gasteiger partial charge in [0.1, 0.15) is 15.7 Å². The predicted molar refractivity (Wildman–Crippen MR) is 75.2 cm³/mol. The van der Waals surface area contributed by atoms with Gasteiger partial charge < -0.3 is 10.2 Å². The average molecular weight is 347 g/mol. The summed E-state index contributed by atoms with van der Waals surface area (Å²) in [7, 11) is 3.72. The lowest BCUT2D eigenvalue weighted by molar-refractivity contribution is -0.122. The fourth-order valence-electron chi connectivity index (χ4n) is 1.63. The summed E-state index contributed by atoms with van der Waals surface area (Å²) in [6.07, 6.45) is 3.61. The van der Waals surface area contributed by atoms with Gasteiger partial charge in [0.2, 0.25) is 5.91 Å². The molecule has 92 valence electrons. The lowest BCUT2D eigenvalue weighted by atomic mass is 10.4. The minimum atomic E-state index is -0.201. The van der Waals surface area contributed by atoms with Crippen molar-refractivity contribution in [2.45, 2.75) is 6.17 Å². The van der Waals surface area contributed by atoms with Crippen molar-refractivity contribution in [2.24, 2.45) is 10.1 Å². The molecule has 1 N–H and O–H groups in total. The van der Waals surface area contributed by atoms with Crippen molar-refractivity contribution < 1.29 is 4.79 Å². The van der Waals surface area contributed by atoms with E-state index >= 15 is 0 Å². The monoisotopic (exact) mass is 347 g/mol. The highest BCUT2D eigenvalue weighted by Crippen LogP contribution is 2.14. The van der Waals surface area contributed by atoms with Gasteiger partial charge >= 0.3 is 0 Å². The van der Waals surface area contributed by atoms with E-state index in [9.17, 15) is 4.79 Å². The molecule has 1 atom stereocenters. The number of halogens is 1. The first-order chi connectivity index (χ1) is 8.04. The maximum Gasteiger partial charge on any atom is 0.235 e. The molecule has 2 aliphatic heterocycles. The number of carbonyl (C=O) groups excluding carboxylic acids is 1. The fraction of sp³-hybridized carbons (Fsp3) is 0.500. The molecule has 0 fully saturated rings. The zero-order valence-corrected chi connectivity index (χ0v) is 11.9. The molecule has 1 amide bonds. The molecular formula is C10H14IN5O. The molecule has 0 saturated heterocycles. The number of hydrogen-bond acceptors (Lipinski definition) is 5. The molecule has 0 bridgehead atoms. The predicted octanol–water partition coefficient (Wildman–Crippen LogP) is 0.0227. The number of carbonyl (C=O) groups is 1. The number of nitrogens with zero attached hydrogens (tertiary/aromatic N) is 4. The van der Waals surface area contributed by atoms with Gasteiger partial charge in [-0.15, -0.1) is 0 Å². The molecule has 2 aliphatic rings. The van der Waals surface area contributed by atoms with Crippen LogP contribution in [0.3, 0.4) is 0 Å². The first-order valence-corrected chi connectivity index (χ1v) is 6.34. The lowest BCUT2D eigenvalue weighted by Crippen LogP contribution is -2.41. The molecule has 0 spiro atoms. The summed E-state index contributed by atoms with van der Waals surface area (Å²) in [6, 6.07) is 0. The third-order valence-corrected chi connectivity index (χ3v) is 2.85. The molecule has 0 saturated carbocycles. The van der Waals surface area contributed by atoms with Crippen molar-refractivity contribution in [3.05, 3.63) is 12.2 Å². The van der Waals surface area contributed by atoms with Gasteiger partial charge in [-0.05, 0) is 48.8 Å². The van der Waals surface area contributed by atoms with Crippen LogP contribution in [0.15, 0.2) is 22.2 Å². The summed E-state index contributed by atoms with van der Waals surface area (Å²) < 4.78 is 0.918. The van der Waals surface area contributed by atoms with Gasteiger partial charge in [0, 0.05) is 0 Å². The molecule has 0 aromatic rings. The SMILES string of the molecule is CN(C)CC(=O)NC1CN2N=C(I)C=CC2=N1. The Morgan fingerprint density at radius 2 is 2.41 bits per heavy atom. The van der Waals surface area contributed by atoms with Crippen molar-refractivity contribution in [1.82, 2.24) is 15.2 Å². The quantitative estimate of drug-likeness (QED) is 0.733. The molecule has 0 aromatic carbocycles. The van der Waals surface area contributed by atoms with Crippen molar-refractivity contribution >= 4 is 38.1 Å². The van der Waals surface area contributed by atoms with Crippen molar-refractivity contribution in [1.29, 1.82) is 0 Å². The second-order valence-electron chi connectivity index (χ2n) is 4.15. The van der Waals surface area contributed by atoms with Crippen LogP contribution >= 0.6 is 22.6 Å². The zero-order chi connectivity index (χ0) is 12.4. The Labute approximate surface area is 114 Å². The summed E-state index contributed by atoms with van der Waals surface area (Å²) in [5.41, 5.74) is 0. The first kappa shape index (κ1) is 12.5. The van der Waals surface area contributed by atoms with Gasteiger partial charge in [-0.2, -0.15) is 5.10 Å². The van der Waals surface area contributed by atoms with Crippen LogP contribution in [0.1, 0.15) is 0 Å². The van der Waals surface area contributed by atoms with Crippen LogP contribution in [-0.2, 0) is 4.79 Å². The minimum absolute atomic E-state index is 0.0214. The van der Waals surface area contributed by atoms with Crippen LogP contribution in [0.4, 0.5) is 0 Å². The number of hydrazone groups is 1. The van der Waals surface area contributed by atoms with E-state index in [1.54, 1.807) is 0 Å². The Kier molecular flexibility index (Phi) is 3.77. The van der Waals surface area contributed by atoms with Crippen LogP contribution in [0.5, 0.6) is 0 Å². The molecule has 17 heavy (non-hydrogen) atoms. The number of amides is 1. The van der Waals surface area contributed by atoms with Crippen LogP contribution in [0, 0.1) is 0 Å². The standard InChI is InChI=1S/C10H14IN5O/c1-15(2)6-10(17)13-8-5-16-9(12-8)4-3-7(11)14-16/h3-4,8H,5-6H2,1-2H3,(H,13,17). The van der Waals surface area contributed by atoms with E-state index in [4.69, 9.17) is 0 Å². The highest BCUT2D eigenvalue weighted by atomic mass is 127. The fourth-order valence-corrected chi connectivity index (χ4v) is 2.07. The van der Waals surface area contributed by atoms with E-state index in [0.717, 1.165) is 9.55 Å². The van der Waals surface area contributed by atoms with Gasteiger partial charge in [0.05, 0.1) is 13.1 Å². The normalized spacial score (nSPS) is 22.4. The van der Waals surface area contributed by atoms with E-state index < -0.39 is 0 Å². The third-order valence-electron chi connectivity index (χ3n) is 2.27. The number of hydrogen-bond donors (Lipinski definition) is 1. The lowest BCUT2D eigenvalue weighted by Gasteiger charge is -2.16. The van der Waals surface area contributed by atoms with Crippen molar-refractivity contribution in [3.63, 3.8) is 0 Å². The topological polar surface area (TPSA) is 60.3 Å². The Morgan fingerprint density at radius 3 is 3.12 bits per heavy atom. The first-order valence-electron chi connectivity index (χ1n) is 5.26. The third kappa shape index (κ3) is 3.25. The Hall–Kier alpha value is -0.960. The van der Waals surface area contributed by atoms with Gasteiger partial charge in [0.25, 0.3) is 0 Å². The maximum absolute atomic E-state index is 11.6.